The third-order valence-electron chi connectivity index (χ3n) is 5.31. The van der Waals surface area contributed by atoms with Gasteiger partial charge < -0.3 is 20.2 Å². The summed E-state index contributed by atoms with van der Waals surface area (Å²) in [5, 5.41) is 12.3. The van der Waals surface area contributed by atoms with E-state index in [0.717, 1.165) is 0 Å². The first-order valence-corrected chi connectivity index (χ1v) is 10.6. The summed E-state index contributed by atoms with van der Waals surface area (Å²) in [7, 11) is 0. The van der Waals surface area contributed by atoms with Crippen molar-refractivity contribution in [3.8, 4) is 0 Å². The lowest BCUT2D eigenvalue weighted by molar-refractivity contribution is -0.139. The molecule has 1 heterocycles. The third kappa shape index (κ3) is 5.85. The van der Waals surface area contributed by atoms with Crippen molar-refractivity contribution >= 4 is 35.3 Å². The number of hydrogen-bond acceptors (Lipinski definition) is 4. The van der Waals surface area contributed by atoms with Crippen molar-refractivity contribution < 1.29 is 24.3 Å². The van der Waals surface area contributed by atoms with Crippen LogP contribution in [0.4, 0.5) is 0 Å². The molecule has 1 fully saturated rings. The van der Waals surface area contributed by atoms with Gasteiger partial charge in [-0.1, -0.05) is 41.9 Å². The number of carboxylic acid groups (broad SMARTS) is 1. The van der Waals surface area contributed by atoms with Crippen molar-refractivity contribution in [2.75, 3.05) is 26.2 Å². The predicted octanol–water partition coefficient (Wildman–Crippen LogP) is 2.29. The minimum Gasteiger partial charge on any atom is -0.480 e. The molecular formula is C23H24ClN3O5. The highest BCUT2D eigenvalue weighted by Crippen LogP contribution is 2.18. The smallest absolute Gasteiger partial charge is 0.326 e. The van der Waals surface area contributed by atoms with Crippen LogP contribution in [-0.4, -0.2) is 70.8 Å². The molecule has 2 N–H and O–H groups in total. The summed E-state index contributed by atoms with van der Waals surface area (Å²) < 4.78 is 0. The highest BCUT2D eigenvalue weighted by molar-refractivity contribution is 6.33. The number of amides is 3. The van der Waals surface area contributed by atoms with E-state index >= 15 is 0 Å². The number of hydrogen-bond donors (Lipinski definition) is 2. The highest BCUT2D eigenvalue weighted by Gasteiger charge is 2.27. The zero-order chi connectivity index (χ0) is 23.1. The summed E-state index contributed by atoms with van der Waals surface area (Å²) in [6.07, 6.45) is -0.0456. The Morgan fingerprint density at radius 3 is 2.12 bits per heavy atom. The monoisotopic (exact) mass is 457 g/mol. The van der Waals surface area contributed by atoms with E-state index in [4.69, 9.17) is 11.6 Å². The molecule has 32 heavy (non-hydrogen) atoms. The van der Waals surface area contributed by atoms with Gasteiger partial charge in [0.05, 0.1) is 10.6 Å². The van der Waals surface area contributed by atoms with Gasteiger partial charge in [-0.3, -0.25) is 14.4 Å². The maximum atomic E-state index is 12.6. The van der Waals surface area contributed by atoms with E-state index < -0.39 is 17.9 Å². The second-order valence-electron chi connectivity index (χ2n) is 7.42. The van der Waals surface area contributed by atoms with Crippen molar-refractivity contribution in [1.29, 1.82) is 0 Å². The summed E-state index contributed by atoms with van der Waals surface area (Å²) in [4.78, 5) is 52.2. The number of carbonyl (C=O) groups is 4. The molecule has 8 nitrogen and oxygen atoms in total. The number of halogens is 1. The molecule has 2 aromatic carbocycles. The Labute approximate surface area is 190 Å². The number of aliphatic carboxylic acids is 1. The van der Waals surface area contributed by atoms with Gasteiger partial charge in [-0.2, -0.15) is 0 Å². The number of carbonyl (C=O) groups excluding carboxylic acids is 3. The van der Waals surface area contributed by atoms with Gasteiger partial charge in [0.2, 0.25) is 5.91 Å². The standard InChI is InChI=1S/C23H24ClN3O5/c24-18-9-5-4-8-17(18)22(30)27-14-12-26(13-15-27)20(28)11-10-19(23(31)32)25-21(29)16-6-2-1-3-7-16/h1-9,19H,10-15H2,(H,25,29)(H,31,32)/t19-/m0/s1. The molecule has 3 rings (SSSR count). The Morgan fingerprint density at radius 2 is 1.50 bits per heavy atom. The van der Waals surface area contributed by atoms with Crippen LogP contribution in [0.2, 0.25) is 5.02 Å². The zero-order valence-electron chi connectivity index (χ0n) is 17.4. The molecule has 0 bridgehead atoms. The lowest BCUT2D eigenvalue weighted by Crippen LogP contribution is -2.51. The van der Waals surface area contributed by atoms with Crippen LogP contribution in [0.25, 0.3) is 0 Å². The SMILES string of the molecule is O=C(N[C@@H](CCC(=O)N1CCN(C(=O)c2ccccc2Cl)CC1)C(=O)O)c1ccccc1. The second-order valence-corrected chi connectivity index (χ2v) is 7.83. The van der Waals surface area contributed by atoms with Gasteiger partial charge in [0.25, 0.3) is 11.8 Å². The molecule has 1 aliphatic rings. The van der Waals surface area contributed by atoms with Crippen LogP contribution in [0.5, 0.6) is 0 Å². The van der Waals surface area contributed by atoms with Crippen LogP contribution in [0.3, 0.4) is 0 Å². The van der Waals surface area contributed by atoms with E-state index in [9.17, 15) is 24.3 Å². The molecule has 3 amide bonds. The van der Waals surface area contributed by atoms with Crippen LogP contribution in [0, 0.1) is 0 Å². The average molecular weight is 458 g/mol. The first-order chi connectivity index (χ1) is 15.4. The van der Waals surface area contributed by atoms with Crippen LogP contribution in [0.1, 0.15) is 33.6 Å². The van der Waals surface area contributed by atoms with E-state index in [2.05, 4.69) is 5.32 Å². The van der Waals surface area contributed by atoms with Crippen molar-refractivity contribution in [2.45, 2.75) is 18.9 Å². The Hall–Kier alpha value is -3.39. The fourth-order valence-corrected chi connectivity index (χ4v) is 3.69. The van der Waals surface area contributed by atoms with Crippen molar-refractivity contribution in [3.63, 3.8) is 0 Å². The minimum atomic E-state index is -1.20. The van der Waals surface area contributed by atoms with E-state index in [-0.39, 0.29) is 24.7 Å². The number of nitrogens with one attached hydrogen (secondary N) is 1. The first-order valence-electron chi connectivity index (χ1n) is 10.3. The molecule has 0 radical (unpaired) electrons. The normalized spacial score (nSPS) is 14.5. The van der Waals surface area contributed by atoms with E-state index in [1.165, 1.54) is 0 Å². The molecule has 2 aromatic rings. The Morgan fingerprint density at radius 1 is 0.906 bits per heavy atom. The maximum absolute atomic E-state index is 12.6. The lowest BCUT2D eigenvalue weighted by Gasteiger charge is -2.35. The summed E-state index contributed by atoms with van der Waals surface area (Å²) in [6.45, 7) is 1.43. The van der Waals surface area contributed by atoms with Gasteiger partial charge in [0.15, 0.2) is 0 Å². The molecule has 0 aromatic heterocycles. The minimum absolute atomic E-state index is 0.0223. The summed E-state index contributed by atoms with van der Waals surface area (Å²) >= 11 is 6.10. The predicted molar refractivity (Wildman–Crippen MR) is 119 cm³/mol. The molecule has 0 spiro atoms. The van der Waals surface area contributed by atoms with Gasteiger partial charge in [-0.05, 0) is 30.7 Å². The zero-order valence-corrected chi connectivity index (χ0v) is 18.1. The molecule has 0 saturated carbocycles. The molecule has 9 heteroatoms. The molecular weight excluding hydrogens is 434 g/mol. The molecule has 1 atom stereocenters. The fraction of sp³-hybridized carbons (Fsp3) is 0.304. The van der Waals surface area contributed by atoms with E-state index in [1.54, 1.807) is 64.4 Å². The maximum Gasteiger partial charge on any atom is 0.326 e. The molecule has 0 unspecified atom stereocenters. The Bertz CT molecular complexity index is 990. The molecule has 168 valence electrons. The van der Waals surface area contributed by atoms with Crippen molar-refractivity contribution in [3.05, 3.63) is 70.7 Å². The molecule has 0 aliphatic carbocycles. The summed E-state index contributed by atoms with van der Waals surface area (Å²) in [5.41, 5.74) is 0.775. The molecule has 1 saturated heterocycles. The van der Waals surface area contributed by atoms with Crippen LogP contribution in [0.15, 0.2) is 54.6 Å². The second kappa shape index (κ2) is 10.8. The van der Waals surface area contributed by atoms with Crippen molar-refractivity contribution in [2.24, 2.45) is 0 Å². The van der Waals surface area contributed by atoms with Crippen molar-refractivity contribution in [1.82, 2.24) is 15.1 Å². The van der Waals surface area contributed by atoms with Gasteiger partial charge in [-0.25, -0.2) is 4.79 Å². The van der Waals surface area contributed by atoms with E-state index in [1.807, 2.05) is 0 Å². The van der Waals surface area contributed by atoms with E-state index in [0.29, 0.717) is 42.3 Å². The topological polar surface area (TPSA) is 107 Å². The fourth-order valence-electron chi connectivity index (χ4n) is 3.48. The number of carboxylic acids is 1. The largest absolute Gasteiger partial charge is 0.480 e. The Balaban J connectivity index is 1.49. The van der Waals surface area contributed by atoms with Crippen LogP contribution in [-0.2, 0) is 9.59 Å². The van der Waals surface area contributed by atoms with Gasteiger partial charge in [-0.15, -0.1) is 0 Å². The quantitative estimate of drug-likeness (QED) is 0.663. The van der Waals surface area contributed by atoms with Gasteiger partial charge in [0.1, 0.15) is 6.04 Å². The number of piperazine rings is 1. The average Bonchev–Trinajstić information content (AvgIpc) is 2.81. The number of benzene rings is 2. The molecule has 1 aliphatic heterocycles. The summed E-state index contributed by atoms with van der Waals surface area (Å²) in [6, 6.07) is 13.9. The lowest BCUT2D eigenvalue weighted by atomic mass is 10.1. The summed E-state index contributed by atoms with van der Waals surface area (Å²) in [5.74, 6) is -2.10. The van der Waals surface area contributed by atoms with Gasteiger partial charge in [0, 0.05) is 38.2 Å². The third-order valence-corrected chi connectivity index (χ3v) is 5.64. The van der Waals surface area contributed by atoms with Crippen LogP contribution >= 0.6 is 11.6 Å². The highest BCUT2D eigenvalue weighted by atomic mass is 35.5. The number of nitrogens with zero attached hydrogens (tertiary/aromatic N) is 2. The first kappa shape index (κ1) is 23.3. The Kier molecular flexibility index (Phi) is 7.83. The van der Waals surface area contributed by atoms with Crippen LogP contribution < -0.4 is 5.32 Å². The number of rotatable bonds is 7. The van der Waals surface area contributed by atoms with Gasteiger partial charge >= 0.3 is 5.97 Å².